The average Bonchev–Trinajstić information content (AvgIpc) is 3.26. The molecule has 25 heavy (non-hydrogen) atoms. The number of anilines is 2. The Labute approximate surface area is 143 Å². The topological polar surface area (TPSA) is 93.3 Å². The van der Waals surface area contributed by atoms with E-state index in [1.165, 1.54) is 12.3 Å². The molecule has 1 saturated heterocycles. The van der Waals surface area contributed by atoms with Crippen LogP contribution in [-0.2, 0) is 6.42 Å². The first-order valence-electron chi connectivity index (χ1n) is 8.10. The van der Waals surface area contributed by atoms with Crippen LogP contribution in [0.15, 0.2) is 39.6 Å². The Balaban J connectivity index is 1.54. The van der Waals surface area contributed by atoms with Crippen LogP contribution < -0.4 is 16.0 Å². The van der Waals surface area contributed by atoms with Gasteiger partial charge in [-0.25, -0.2) is 4.39 Å². The van der Waals surface area contributed by atoms with E-state index in [2.05, 4.69) is 15.6 Å². The molecule has 0 radical (unpaired) electrons. The molecular weight excluding hydrogens is 325 g/mol. The Bertz CT molecular complexity index is 870. The molecule has 0 unspecified atom stereocenters. The molecule has 0 aliphatic carbocycles. The standard InChI is InChI=1S/C17H18FN5O2/c18-14-8-11(1-2-16(14)23-5-3-20-4-6-23)15-9-13(25-21-15)7-12-10-24-22-17(12)19/h1-2,8-10,20H,3-7H2,(H2,19,22). The summed E-state index contributed by atoms with van der Waals surface area (Å²) in [5, 5.41) is 10.9. The number of aromatic nitrogens is 2. The number of nitrogens with one attached hydrogen (secondary N) is 1. The van der Waals surface area contributed by atoms with E-state index < -0.39 is 0 Å². The van der Waals surface area contributed by atoms with Crippen LogP contribution in [0.3, 0.4) is 0 Å². The Hall–Kier alpha value is -2.87. The van der Waals surface area contributed by atoms with E-state index in [0.717, 1.165) is 31.7 Å². The molecular formula is C17H18FN5O2. The van der Waals surface area contributed by atoms with Crippen LogP contribution in [0.25, 0.3) is 11.3 Å². The lowest BCUT2D eigenvalue weighted by Crippen LogP contribution is -2.43. The van der Waals surface area contributed by atoms with Gasteiger partial charge < -0.3 is 25.0 Å². The number of nitrogens with two attached hydrogens (primary N) is 1. The Morgan fingerprint density at radius 2 is 2.04 bits per heavy atom. The zero-order valence-corrected chi connectivity index (χ0v) is 13.5. The van der Waals surface area contributed by atoms with Gasteiger partial charge in [-0.2, -0.15) is 0 Å². The predicted octanol–water partition coefficient (Wildman–Crippen LogP) is 2.05. The van der Waals surface area contributed by atoms with Crippen molar-refractivity contribution in [3.05, 3.63) is 47.7 Å². The lowest BCUT2D eigenvalue weighted by atomic mass is 10.1. The van der Waals surface area contributed by atoms with E-state index in [1.807, 2.05) is 11.0 Å². The summed E-state index contributed by atoms with van der Waals surface area (Å²) < 4.78 is 24.6. The molecule has 0 saturated carbocycles. The summed E-state index contributed by atoms with van der Waals surface area (Å²) in [6.07, 6.45) is 1.89. The fourth-order valence-corrected chi connectivity index (χ4v) is 2.95. The third kappa shape index (κ3) is 3.20. The molecule has 7 nitrogen and oxygen atoms in total. The summed E-state index contributed by atoms with van der Waals surface area (Å²) in [5.41, 5.74) is 8.28. The highest BCUT2D eigenvalue weighted by Crippen LogP contribution is 2.27. The van der Waals surface area contributed by atoms with Gasteiger partial charge >= 0.3 is 0 Å². The molecule has 1 aliphatic rings. The summed E-state index contributed by atoms with van der Waals surface area (Å²) in [4.78, 5) is 2.04. The fraction of sp³-hybridized carbons (Fsp3) is 0.294. The van der Waals surface area contributed by atoms with Gasteiger partial charge in [-0.3, -0.25) is 0 Å². The number of nitrogens with zero attached hydrogens (tertiary/aromatic N) is 3. The van der Waals surface area contributed by atoms with Crippen molar-refractivity contribution in [2.75, 3.05) is 36.8 Å². The lowest BCUT2D eigenvalue weighted by Gasteiger charge is -2.29. The van der Waals surface area contributed by atoms with Crippen molar-refractivity contribution in [1.82, 2.24) is 15.6 Å². The minimum absolute atomic E-state index is 0.257. The smallest absolute Gasteiger partial charge is 0.170 e. The second-order valence-corrected chi connectivity index (χ2v) is 5.98. The van der Waals surface area contributed by atoms with E-state index in [9.17, 15) is 4.39 Å². The van der Waals surface area contributed by atoms with Gasteiger partial charge in [-0.15, -0.1) is 0 Å². The zero-order valence-electron chi connectivity index (χ0n) is 13.5. The minimum Gasteiger partial charge on any atom is -0.381 e. The molecule has 3 aromatic rings. The van der Waals surface area contributed by atoms with Crippen LogP contribution in [0, 0.1) is 5.82 Å². The van der Waals surface area contributed by atoms with Crippen molar-refractivity contribution in [2.24, 2.45) is 0 Å². The van der Waals surface area contributed by atoms with Gasteiger partial charge in [0.1, 0.15) is 23.5 Å². The fourth-order valence-electron chi connectivity index (χ4n) is 2.95. The SMILES string of the molecule is Nc1nocc1Cc1cc(-c2ccc(N3CCNCC3)c(F)c2)no1. The third-order valence-electron chi connectivity index (χ3n) is 4.30. The molecule has 0 spiro atoms. The zero-order chi connectivity index (χ0) is 17.2. The van der Waals surface area contributed by atoms with Crippen molar-refractivity contribution in [1.29, 1.82) is 0 Å². The van der Waals surface area contributed by atoms with Crippen molar-refractivity contribution in [3.8, 4) is 11.3 Å². The summed E-state index contributed by atoms with van der Waals surface area (Å²) in [6.45, 7) is 3.31. The van der Waals surface area contributed by atoms with E-state index in [4.69, 9.17) is 14.8 Å². The molecule has 2 aromatic heterocycles. The molecule has 0 amide bonds. The molecule has 0 atom stereocenters. The first kappa shape index (κ1) is 15.6. The van der Waals surface area contributed by atoms with E-state index in [-0.39, 0.29) is 5.82 Å². The van der Waals surface area contributed by atoms with E-state index in [0.29, 0.717) is 34.9 Å². The number of rotatable bonds is 4. The second-order valence-electron chi connectivity index (χ2n) is 5.98. The molecule has 4 rings (SSSR count). The summed E-state index contributed by atoms with van der Waals surface area (Å²) >= 11 is 0. The quantitative estimate of drug-likeness (QED) is 0.749. The molecule has 0 bridgehead atoms. The monoisotopic (exact) mass is 343 g/mol. The number of halogens is 1. The van der Waals surface area contributed by atoms with Crippen LogP contribution in [0.5, 0.6) is 0 Å². The van der Waals surface area contributed by atoms with Gasteiger partial charge in [-0.1, -0.05) is 16.4 Å². The predicted molar refractivity (Wildman–Crippen MR) is 90.7 cm³/mol. The molecule has 1 fully saturated rings. The van der Waals surface area contributed by atoms with Crippen LogP contribution in [-0.4, -0.2) is 36.5 Å². The highest BCUT2D eigenvalue weighted by molar-refractivity contribution is 5.64. The highest BCUT2D eigenvalue weighted by atomic mass is 19.1. The van der Waals surface area contributed by atoms with E-state index in [1.54, 1.807) is 12.1 Å². The van der Waals surface area contributed by atoms with Gasteiger partial charge in [0.05, 0.1) is 5.69 Å². The first-order chi connectivity index (χ1) is 12.2. The molecule has 3 heterocycles. The molecule has 130 valence electrons. The van der Waals surface area contributed by atoms with E-state index >= 15 is 0 Å². The van der Waals surface area contributed by atoms with Gasteiger partial charge in [0.2, 0.25) is 0 Å². The number of hydrogen-bond donors (Lipinski definition) is 2. The van der Waals surface area contributed by atoms with Gasteiger partial charge in [0.15, 0.2) is 5.82 Å². The van der Waals surface area contributed by atoms with Crippen molar-refractivity contribution < 1.29 is 13.4 Å². The Morgan fingerprint density at radius 1 is 1.20 bits per heavy atom. The summed E-state index contributed by atoms with van der Waals surface area (Å²) in [5.74, 6) is 0.674. The minimum atomic E-state index is -0.257. The third-order valence-corrected chi connectivity index (χ3v) is 4.30. The molecule has 8 heteroatoms. The molecule has 1 aromatic carbocycles. The van der Waals surface area contributed by atoms with Crippen molar-refractivity contribution >= 4 is 11.5 Å². The number of piperazine rings is 1. The normalized spacial score (nSPS) is 14.8. The van der Waals surface area contributed by atoms with Gasteiger partial charge in [0.25, 0.3) is 0 Å². The highest BCUT2D eigenvalue weighted by Gasteiger charge is 2.16. The summed E-state index contributed by atoms with van der Waals surface area (Å²) in [6, 6.07) is 6.91. The molecule has 1 aliphatic heterocycles. The Morgan fingerprint density at radius 3 is 2.76 bits per heavy atom. The first-order valence-corrected chi connectivity index (χ1v) is 8.10. The van der Waals surface area contributed by atoms with Gasteiger partial charge in [0, 0.05) is 49.8 Å². The maximum Gasteiger partial charge on any atom is 0.170 e. The van der Waals surface area contributed by atoms with Crippen LogP contribution >= 0.6 is 0 Å². The second kappa shape index (κ2) is 6.56. The van der Waals surface area contributed by atoms with Gasteiger partial charge in [-0.05, 0) is 12.1 Å². The van der Waals surface area contributed by atoms with Crippen LogP contribution in [0.1, 0.15) is 11.3 Å². The van der Waals surface area contributed by atoms with Crippen molar-refractivity contribution in [2.45, 2.75) is 6.42 Å². The van der Waals surface area contributed by atoms with Crippen LogP contribution in [0.2, 0.25) is 0 Å². The largest absolute Gasteiger partial charge is 0.381 e. The van der Waals surface area contributed by atoms with Crippen LogP contribution in [0.4, 0.5) is 15.9 Å². The number of hydrogen-bond acceptors (Lipinski definition) is 7. The number of nitrogen functional groups attached to an aromatic ring is 1. The average molecular weight is 343 g/mol. The lowest BCUT2D eigenvalue weighted by molar-refractivity contribution is 0.390. The number of benzene rings is 1. The summed E-state index contributed by atoms with van der Waals surface area (Å²) in [7, 11) is 0. The molecule has 3 N–H and O–H groups in total. The maximum absolute atomic E-state index is 14.5. The maximum atomic E-state index is 14.5. The Kier molecular flexibility index (Phi) is 4.10. The van der Waals surface area contributed by atoms with Crippen molar-refractivity contribution in [3.63, 3.8) is 0 Å².